The molecular formula is C26H31N3O3. The smallest absolute Gasteiger partial charge is 0.253 e. The standard InChI is InChI=1S/C26H31N3O3/c1-28(2)25(30)20-9-5-18(6-10-20)17-3-7-19(8-4-17)24-22-15-29(16-23(24)27-22)26(31)21-11-13-32-14-12-21/h3-10,21-24,27H,11-16H2,1-2H3/t22-,23+,24?. The lowest BCUT2D eigenvalue weighted by Crippen LogP contribution is -2.72. The molecule has 0 spiro atoms. The molecule has 0 saturated carbocycles. The summed E-state index contributed by atoms with van der Waals surface area (Å²) in [7, 11) is 3.53. The Hall–Kier alpha value is -2.70. The minimum atomic E-state index is 0.0141. The molecular weight excluding hydrogens is 402 g/mol. The molecule has 0 aromatic heterocycles. The summed E-state index contributed by atoms with van der Waals surface area (Å²) in [5, 5.41) is 3.63. The average Bonchev–Trinajstić information content (AvgIpc) is 2.84. The Balaban J connectivity index is 1.23. The van der Waals surface area contributed by atoms with Gasteiger partial charge in [0.2, 0.25) is 5.91 Å². The maximum atomic E-state index is 12.9. The van der Waals surface area contributed by atoms with Crippen molar-refractivity contribution in [2.75, 3.05) is 40.4 Å². The average molecular weight is 434 g/mol. The van der Waals surface area contributed by atoms with Gasteiger partial charge in [-0.05, 0) is 41.7 Å². The Morgan fingerprint density at radius 1 is 0.906 bits per heavy atom. The number of amides is 2. The van der Waals surface area contributed by atoms with E-state index in [-0.39, 0.29) is 11.8 Å². The van der Waals surface area contributed by atoms with Crippen molar-refractivity contribution in [1.82, 2.24) is 15.1 Å². The summed E-state index contributed by atoms with van der Waals surface area (Å²) in [6.07, 6.45) is 1.71. The first-order valence-corrected chi connectivity index (χ1v) is 11.6. The van der Waals surface area contributed by atoms with Crippen LogP contribution in [-0.4, -0.2) is 74.1 Å². The van der Waals surface area contributed by atoms with Gasteiger partial charge in [0.05, 0.1) is 0 Å². The van der Waals surface area contributed by atoms with Gasteiger partial charge < -0.3 is 19.9 Å². The van der Waals surface area contributed by atoms with Crippen LogP contribution in [-0.2, 0) is 9.53 Å². The van der Waals surface area contributed by atoms with Crippen molar-refractivity contribution in [2.45, 2.75) is 30.8 Å². The van der Waals surface area contributed by atoms with E-state index in [1.165, 1.54) is 5.56 Å². The molecule has 6 nitrogen and oxygen atoms in total. The molecule has 2 aromatic carbocycles. The van der Waals surface area contributed by atoms with Crippen molar-refractivity contribution in [3.8, 4) is 11.1 Å². The normalized spacial score (nSPS) is 25.2. The second kappa shape index (κ2) is 8.68. The Morgan fingerprint density at radius 2 is 1.47 bits per heavy atom. The molecule has 4 heterocycles. The Kier molecular flexibility index (Phi) is 5.74. The van der Waals surface area contributed by atoms with Crippen LogP contribution in [0, 0.1) is 5.92 Å². The topological polar surface area (TPSA) is 61.9 Å². The molecule has 2 aromatic rings. The number of nitrogens with one attached hydrogen (secondary N) is 1. The first-order chi connectivity index (χ1) is 15.5. The Labute approximate surface area is 189 Å². The van der Waals surface area contributed by atoms with E-state index in [1.807, 2.05) is 24.3 Å². The number of rotatable bonds is 4. The van der Waals surface area contributed by atoms with Gasteiger partial charge in [-0.1, -0.05) is 36.4 Å². The number of carbonyl (C=O) groups excluding carboxylic acids is 2. The van der Waals surface area contributed by atoms with Crippen molar-refractivity contribution in [3.63, 3.8) is 0 Å². The number of piperazine rings is 1. The molecule has 4 saturated heterocycles. The third-order valence-corrected chi connectivity index (χ3v) is 7.18. The molecule has 3 atom stereocenters. The van der Waals surface area contributed by atoms with E-state index in [1.54, 1.807) is 19.0 Å². The van der Waals surface area contributed by atoms with Crippen LogP contribution < -0.4 is 5.32 Å². The van der Waals surface area contributed by atoms with Crippen LogP contribution in [0.3, 0.4) is 0 Å². The Bertz CT molecular complexity index is 968. The zero-order valence-electron chi connectivity index (χ0n) is 18.8. The predicted octanol–water partition coefficient (Wildman–Crippen LogP) is 2.75. The molecule has 168 valence electrons. The maximum absolute atomic E-state index is 12.9. The summed E-state index contributed by atoms with van der Waals surface area (Å²) in [5.74, 6) is 0.927. The molecule has 32 heavy (non-hydrogen) atoms. The van der Waals surface area contributed by atoms with Gasteiger partial charge in [0.1, 0.15) is 0 Å². The van der Waals surface area contributed by atoms with Crippen LogP contribution >= 0.6 is 0 Å². The van der Waals surface area contributed by atoms with Crippen molar-refractivity contribution >= 4 is 11.8 Å². The second-order valence-electron chi connectivity index (χ2n) is 9.43. The van der Waals surface area contributed by atoms with E-state index in [0.717, 1.165) is 37.1 Å². The molecule has 4 aliphatic heterocycles. The van der Waals surface area contributed by atoms with Crippen LogP contribution in [0.4, 0.5) is 0 Å². The molecule has 2 bridgehead atoms. The molecule has 1 N–H and O–H groups in total. The number of ether oxygens (including phenoxy) is 1. The highest BCUT2D eigenvalue weighted by molar-refractivity contribution is 5.94. The number of hydrogen-bond acceptors (Lipinski definition) is 4. The molecule has 4 aliphatic rings. The van der Waals surface area contributed by atoms with E-state index in [9.17, 15) is 9.59 Å². The first-order valence-electron chi connectivity index (χ1n) is 11.6. The minimum absolute atomic E-state index is 0.0141. The number of piperidine rings is 1. The van der Waals surface area contributed by atoms with Gasteiger partial charge in [0.25, 0.3) is 5.91 Å². The summed E-state index contributed by atoms with van der Waals surface area (Å²) >= 11 is 0. The van der Waals surface area contributed by atoms with Crippen molar-refractivity contribution in [1.29, 1.82) is 0 Å². The number of hydrogen-bond donors (Lipinski definition) is 1. The van der Waals surface area contributed by atoms with Gasteiger partial charge in [-0.2, -0.15) is 0 Å². The van der Waals surface area contributed by atoms with Crippen LogP contribution in [0.1, 0.15) is 34.7 Å². The van der Waals surface area contributed by atoms with Crippen LogP contribution in [0.2, 0.25) is 0 Å². The van der Waals surface area contributed by atoms with Gasteiger partial charge in [-0.15, -0.1) is 0 Å². The summed E-state index contributed by atoms with van der Waals surface area (Å²) < 4.78 is 5.41. The van der Waals surface area contributed by atoms with E-state index in [4.69, 9.17) is 4.74 Å². The fourth-order valence-electron chi connectivity index (χ4n) is 5.33. The van der Waals surface area contributed by atoms with E-state index in [2.05, 4.69) is 34.5 Å². The number of benzene rings is 2. The van der Waals surface area contributed by atoms with Gasteiger partial charge in [-0.3, -0.25) is 9.59 Å². The first kappa shape index (κ1) is 21.2. The quantitative estimate of drug-likeness (QED) is 0.806. The molecule has 6 heteroatoms. The van der Waals surface area contributed by atoms with E-state index in [0.29, 0.717) is 42.7 Å². The van der Waals surface area contributed by atoms with Crippen molar-refractivity contribution < 1.29 is 14.3 Å². The van der Waals surface area contributed by atoms with Crippen LogP contribution in [0.5, 0.6) is 0 Å². The summed E-state index contributed by atoms with van der Waals surface area (Å²) in [4.78, 5) is 28.6. The highest BCUT2D eigenvalue weighted by atomic mass is 16.5. The van der Waals surface area contributed by atoms with Crippen LogP contribution in [0.25, 0.3) is 11.1 Å². The fraction of sp³-hybridized carbons (Fsp3) is 0.462. The third kappa shape index (κ3) is 3.93. The fourth-order valence-corrected chi connectivity index (χ4v) is 5.33. The maximum Gasteiger partial charge on any atom is 0.253 e. The summed E-state index contributed by atoms with van der Waals surface area (Å²) in [6.45, 7) is 3.00. The minimum Gasteiger partial charge on any atom is -0.381 e. The lowest BCUT2D eigenvalue weighted by Gasteiger charge is -2.55. The third-order valence-electron chi connectivity index (χ3n) is 7.18. The molecule has 6 rings (SSSR count). The van der Waals surface area contributed by atoms with Gasteiger partial charge >= 0.3 is 0 Å². The SMILES string of the molecule is CN(C)C(=O)c1ccc(-c2ccc(C3[C@@H]4CN(C(=O)C5CCOCC5)C[C@H]3N4)cc2)cc1. The van der Waals surface area contributed by atoms with E-state index >= 15 is 0 Å². The summed E-state index contributed by atoms with van der Waals surface area (Å²) in [6, 6.07) is 17.2. The van der Waals surface area contributed by atoms with Crippen LogP contribution in [0.15, 0.2) is 48.5 Å². The highest BCUT2D eigenvalue weighted by Gasteiger charge is 2.48. The predicted molar refractivity (Wildman–Crippen MR) is 123 cm³/mol. The van der Waals surface area contributed by atoms with Crippen molar-refractivity contribution in [3.05, 3.63) is 59.7 Å². The van der Waals surface area contributed by atoms with Gasteiger partial charge in [0.15, 0.2) is 0 Å². The largest absolute Gasteiger partial charge is 0.381 e. The molecule has 0 aliphatic carbocycles. The second-order valence-corrected chi connectivity index (χ2v) is 9.43. The number of nitrogens with zero attached hydrogens (tertiary/aromatic N) is 2. The lowest BCUT2D eigenvalue weighted by atomic mass is 9.73. The monoisotopic (exact) mass is 433 g/mol. The molecule has 0 radical (unpaired) electrons. The number of fused-ring (bicyclic) bond motifs is 2. The number of carbonyl (C=O) groups is 2. The van der Waals surface area contributed by atoms with Gasteiger partial charge in [0, 0.05) is 69.9 Å². The Morgan fingerprint density at radius 3 is 2.03 bits per heavy atom. The van der Waals surface area contributed by atoms with Gasteiger partial charge in [-0.25, -0.2) is 0 Å². The lowest BCUT2D eigenvalue weighted by molar-refractivity contribution is -0.143. The molecule has 2 amide bonds. The van der Waals surface area contributed by atoms with E-state index < -0.39 is 0 Å². The van der Waals surface area contributed by atoms with Crippen molar-refractivity contribution in [2.24, 2.45) is 5.92 Å². The molecule has 1 unspecified atom stereocenters. The highest BCUT2D eigenvalue weighted by Crippen LogP contribution is 2.38. The summed E-state index contributed by atoms with van der Waals surface area (Å²) in [5.41, 5.74) is 4.28. The zero-order valence-corrected chi connectivity index (χ0v) is 18.8. The zero-order chi connectivity index (χ0) is 22.2. The molecule has 4 fully saturated rings.